The molecule has 20 heavy (non-hydrogen) atoms. The fourth-order valence-corrected chi connectivity index (χ4v) is 3.03. The van der Waals surface area contributed by atoms with E-state index in [1.807, 2.05) is 0 Å². The van der Waals surface area contributed by atoms with Crippen LogP contribution >= 0.6 is 0 Å². The molecule has 2 heteroatoms. The van der Waals surface area contributed by atoms with Crippen LogP contribution in [0.2, 0.25) is 0 Å². The molecule has 2 N–H and O–H groups in total. The normalized spacial score (nSPS) is 17.6. The van der Waals surface area contributed by atoms with Crippen LogP contribution in [0.4, 0.5) is 0 Å². The first-order valence-electron chi connectivity index (χ1n) is 6.77. The van der Waals surface area contributed by atoms with Crippen LogP contribution in [0, 0.1) is 0 Å². The second kappa shape index (κ2) is 5.29. The number of allylic oxidation sites excluding steroid dienone is 2. The Morgan fingerprint density at radius 1 is 1.20 bits per heavy atom. The van der Waals surface area contributed by atoms with Gasteiger partial charge in [-0.3, -0.25) is 0 Å². The maximum atomic E-state index is 5.73. The van der Waals surface area contributed by atoms with E-state index in [0.29, 0.717) is 6.54 Å². The quantitative estimate of drug-likeness (QED) is 0.889. The van der Waals surface area contributed by atoms with Crippen LogP contribution in [0.15, 0.2) is 53.8 Å². The number of hydrogen-bond donors (Lipinski definition) is 1. The molecular weight excluding hydrogens is 244 g/mol. The summed E-state index contributed by atoms with van der Waals surface area (Å²) in [6.45, 7) is 12.9. The molecule has 0 bridgehead atoms. The summed E-state index contributed by atoms with van der Waals surface area (Å²) >= 11 is 0. The zero-order valence-corrected chi connectivity index (χ0v) is 11.5. The molecule has 0 saturated heterocycles. The van der Waals surface area contributed by atoms with Crippen molar-refractivity contribution in [3.05, 3.63) is 70.5 Å². The van der Waals surface area contributed by atoms with Gasteiger partial charge in [-0.25, -0.2) is 0 Å². The zero-order valence-electron chi connectivity index (χ0n) is 11.5. The average Bonchev–Trinajstić information content (AvgIpc) is 2.46. The van der Waals surface area contributed by atoms with Crippen LogP contribution in [-0.4, -0.2) is 11.4 Å². The van der Waals surface area contributed by atoms with Crippen LogP contribution in [-0.2, 0) is 19.5 Å². The average molecular weight is 268 g/mol. The van der Waals surface area contributed by atoms with Crippen molar-refractivity contribution < 1.29 is 0 Å². The molecule has 106 valence electrons. The Morgan fingerprint density at radius 2 is 1.95 bits per heavy atom. The van der Waals surface area contributed by atoms with Crippen LogP contribution in [0.25, 0.3) is 0 Å². The van der Waals surface area contributed by atoms with Crippen LogP contribution in [0.3, 0.4) is 0 Å². The fourth-order valence-electron chi connectivity index (χ4n) is 3.03. The molecule has 0 saturated carbocycles. The Balaban J connectivity index is 0.00000147. The third kappa shape index (κ3) is 2.10. The molecule has 0 atom stereocenters. The second-order valence-electron chi connectivity index (χ2n) is 5.41. The lowest BCUT2D eigenvalue weighted by molar-refractivity contribution is 0.321. The largest absolute Gasteiger partial charge is 0.366 e. The zero-order chi connectivity index (χ0) is 13.6. The molecule has 3 rings (SSSR count). The van der Waals surface area contributed by atoms with E-state index < -0.39 is 0 Å². The number of nitrogens with zero attached hydrogens (tertiary/aromatic N) is 1. The van der Waals surface area contributed by atoms with Gasteiger partial charge in [0.15, 0.2) is 0 Å². The molecule has 0 fully saturated rings. The van der Waals surface area contributed by atoms with Gasteiger partial charge in [0.1, 0.15) is 0 Å². The van der Waals surface area contributed by atoms with Crippen molar-refractivity contribution in [2.45, 2.75) is 33.9 Å². The third-order valence-electron chi connectivity index (χ3n) is 4.29. The lowest BCUT2D eigenvalue weighted by Crippen LogP contribution is -2.34. The van der Waals surface area contributed by atoms with Crippen molar-refractivity contribution >= 4 is 0 Å². The minimum atomic E-state index is 0. The first kappa shape index (κ1) is 14.6. The lowest BCUT2D eigenvalue weighted by atomic mass is 9.83. The van der Waals surface area contributed by atoms with Gasteiger partial charge < -0.3 is 10.6 Å². The van der Waals surface area contributed by atoms with Gasteiger partial charge in [-0.1, -0.05) is 38.8 Å². The molecule has 2 aliphatic rings. The molecule has 1 aromatic rings. The minimum Gasteiger partial charge on any atom is -0.366 e. The summed E-state index contributed by atoms with van der Waals surface area (Å²) in [5.74, 6) is 0. The van der Waals surface area contributed by atoms with E-state index >= 15 is 0 Å². The molecule has 0 unspecified atom stereocenters. The Labute approximate surface area is 122 Å². The molecule has 0 amide bonds. The molecular formula is C18H24N2. The molecule has 1 heterocycles. The van der Waals surface area contributed by atoms with Gasteiger partial charge in [-0.15, -0.1) is 0 Å². The second-order valence-corrected chi connectivity index (χ2v) is 5.41. The highest BCUT2D eigenvalue weighted by atomic mass is 15.1. The first-order valence-corrected chi connectivity index (χ1v) is 6.77. The standard InChI is InChI=1S/C17H20N2.CH4/c1-11-12(2)17(13(11)3)19-7-6-15-5-4-14(9-18)8-16(15)10-19;/h4-5,8H,1-2,6-7,9-10,18H2,3H3;1H4. The van der Waals surface area contributed by atoms with Gasteiger partial charge in [-0.05, 0) is 46.8 Å². The van der Waals surface area contributed by atoms with Crippen molar-refractivity contribution in [2.75, 3.05) is 6.54 Å². The Hall–Kier alpha value is -1.80. The van der Waals surface area contributed by atoms with Gasteiger partial charge >= 0.3 is 0 Å². The van der Waals surface area contributed by atoms with E-state index in [4.69, 9.17) is 5.73 Å². The SMILES string of the molecule is C.C=C1C(=C)C(N2CCc3ccc(CN)cc3C2)=C1C. The topological polar surface area (TPSA) is 29.3 Å². The summed E-state index contributed by atoms with van der Waals surface area (Å²) in [6.07, 6.45) is 1.09. The van der Waals surface area contributed by atoms with Gasteiger partial charge in [0.25, 0.3) is 0 Å². The van der Waals surface area contributed by atoms with Gasteiger partial charge in [-0.2, -0.15) is 0 Å². The van der Waals surface area contributed by atoms with Crippen LogP contribution in [0.5, 0.6) is 0 Å². The monoisotopic (exact) mass is 268 g/mol. The van der Waals surface area contributed by atoms with Gasteiger partial charge in [0.2, 0.25) is 0 Å². The Bertz CT molecular complexity index is 608. The smallest absolute Gasteiger partial charge is 0.0478 e. The number of nitrogens with two attached hydrogens (primary N) is 1. The van der Waals surface area contributed by atoms with Gasteiger partial charge in [0, 0.05) is 25.3 Å². The van der Waals surface area contributed by atoms with Crippen LogP contribution < -0.4 is 5.73 Å². The highest BCUT2D eigenvalue weighted by Crippen LogP contribution is 2.40. The summed E-state index contributed by atoms with van der Waals surface area (Å²) in [4.78, 5) is 2.43. The van der Waals surface area contributed by atoms with Crippen LogP contribution in [0.1, 0.15) is 31.0 Å². The van der Waals surface area contributed by atoms with E-state index in [2.05, 4.69) is 43.2 Å². The highest BCUT2D eigenvalue weighted by Gasteiger charge is 2.29. The molecule has 0 aromatic heterocycles. The molecule has 1 aromatic carbocycles. The molecule has 2 nitrogen and oxygen atoms in total. The first-order chi connectivity index (χ1) is 9.11. The summed E-state index contributed by atoms with van der Waals surface area (Å²) in [5, 5.41) is 0. The third-order valence-corrected chi connectivity index (χ3v) is 4.29. The fraction of sp³-hybridized carbons (Fsp3) is 0.333. The molecule has 0 spiro atoms. The summed E-state index contributed by atoms with van der Waals surface area (Å²) in [6, 6.07) is 6.61. The molecule has 0 radical (unpaired) electrons. The van der Waals surface area contributed by atoms with Crippen molar-refractivity contribution in [3.8, 4) is 0 Å². The number of hydrogen-bond acceptors (Lipinski definition) is 2. The summed E-state index contributed by atoms with van der Waals surface area (Å²) in [7, 11) is 0. The van der Waals surface area contributed by atoms with Crippen molar-refractivity contribution in [2.24, 2.45) is 5.73 Å². The molecule has 1 aliphatic heterocycles. The van der Waals surface area contributed by atoms with E-state index in [9.17, 15) is 0 Å². The maximum absolute atomic E-state index is 5.73. The summed E-state index contributed by atoms with van der Waals surface area (Å²) in [5.41, 5.74) is 14.6. The van der Waals surface area contributed by atoms with E-state index in [1.165, 1.54) is 28.0 Å². The van der Waals surface area contributed by atoms with Gasteiger partial charge in [0.05, 0.1) is 0 Å². The van der Waals surface area contributed by atoms with E-state index in [1.54, 1.807) is 0 Å². The van der Waals surface area contributed by atoms with E-state index in [0.717, 1.165) is 30.7 Å². The number of benzene rings is 1. The van der Waals surface area contributed by atoms with Crippen molar-refractivity contribution in [1.82, 2.24) is 4.90 Å². The summed E-state index contributed by atoms with van der Waals surface area (Å²) < 4.78 is 0. The maximum Gasteiger partial charge on any atom is 0.0478 e. The van der Waals surface area contributed by atoms with Crippen molar-refractivity contribution in [3.63, 3.8) is 0 Å². The number of rotatable bonds is 2. The Kier molecular flexibility index (Phi) is 3.87. The van der Waals surface area contributed by atoms with E-state index in [-0.39, 0.29) is 7.43 Å². The lowest BCUT2D eigenvalue weighted by Gasteiger charge is -2.40. The predicted molar refractivity (Wildman–Crippen MR) is 86.2 cm³/mol. The number of fused-ring (bicyclic) bond motifs is 1. The molecule has 1 aliphatic carbocycles. The predicted octanol–water partition coefficient (Wildman–Crippen LogP) is 3.54. The highest BCUT2D eigenvalue weighted by molar-refractivity contribution is 5.66. The minimum absolute atomic E-state index is 0. The van der Waals surface area contributed by atoms with Crippen molar-refractivity contribution in [1.29, 1.82) is 0 Å². The Morgan fingerprint density at radius 3 is 2.60 bits per heavy atom.